The molecule has 1 fully saturated rings. The van der Waals surface area contributed by atoms with Gasteiger partial charge in [-0.1, -0.05) is 49.9 Å². The minimum Gasteiger partial charge on any atom is -0.310 e. The number of hydrogen-bond acceptors (Lipinski definition) is 2. The third kappa shape index (κ3) is 4.96. The molecule has 0 heterocycles. The topological polar surface area (TPSA) is 15.3 Å². The molecule has 19 heavy (non-hydrogen) atoms. The standard InChI is InChI=1S/C17H28N2/c1-19(2)14-16-10-8-7-9-15(16)13-18-17-11-5-3-4-6-12-17/h7-10,17-18H,3-6,11-14H2,1-2H3. The molecule has 2 nitrogen and oxygen atoms in total. The summed E-state index contributed by atoms with van der Waals surface area (Å²) >= 11 is 0. The van der Waals surface area contributed by atoms with E-state index in [2.05, 4.69) is 48.6 Å². The maximum atomic E-state index is 3.77. The van der Waals surface area contributed by atoms with Gasteiger partial charge in [-0.05, 0) is 38.1 Å². The number of nitrogens with zero attached hydrogens (tertiary/aromatic N) is 1. The average molecular weight is 260 g/mol. The zero-order valence-corrected chi connectivity index (χ0v) is 12.5. The summed E-state index contributed by atoms with van der Waals surface area (Å²) in [6, 6.07) is 9.55. The van der Waals surface area contributed by atoms with E-state index >= 15 is 0 Å². The van der Waals surface area contributed by atoms with Crippen molar-refractivity contribution in [3.8, 4) is 0 Å². The van der Waals surface area contributed by atoms with Crippen molar-refractivity contribution in [3.05, 3.63) is 35.4 Å². The molecule has 1 aromatic rings. The molecule has 0 saturated heterocycles. The molecule has 0 aliphatic heterocycles. The van der Waals surface area contributed by atoms with E-state index in [4.69, 9.17) is 0 Å². The van der Waals surface area contributed by atoms with Crippen molar-refractivity contribution in [1.29, 1.82) is 0 Å². The van der Waals surface area contributed by atoms with Gasteiger partial charge in [-0.3, -0.25) is 0 Å². The van der Waals surface area contributed by atoms with Crippen LogP contribution in [0.2, 0.25) is 0 Å². The zero-order chi connectivity index (χ0) is 13.5. The van der Waals surface area contributed by atoms with Crippen LogP contribution in [0, 0.1) is 0 Å². The molecule has 0 aromatic heterocycles. The van der Waals surface area contributed by atoms with E-state index in [0.29, 0.717) is 0 Å². The highest BCUT2D eigenvalue weighted by molar-refractivity contribution is 5.26. The van der Waals surface area contributed by atoms with Gasteiger partial charge in [-0.2, -0.15) is 0 Å². The van der Waals surface area contributed by atoms with Crippen LogP contribution < -0.4 is 5.32 Å². The van der Waals surface area contributed by atoms with Crippen LogP contribution in [0.5, 0.6) is 0 Å². The molecule has 0 radical (unpaired) electrons. The molecule has 1 saturated carbocycles. The van der Waals surface area contributed by atoms with Gasteiger partial charge in [0.15, 0.2) is 0 Å². The first kappa shape index (κ1) is 14.5. The molecular formula is C17H28N2. The van der Waals surface area contributed by atoms with Gasteiger partial charge in [0.05, 0.1) is 0 Å². The Balaban J connectivity index is 1.90. The Hall–Kier alpha value is -0.860. The summed E-state index contributed by atoms with van der Waals surface area (Å²) in [5.41, 5.74) is 2.91. The third-order valence-electron chi connectivity index (χ3n) is 4.04. The lowest BCUT2D eigenvalue weighted by molar-refractivity contribution is 0.398. The SMILES string of the molecule is CN(C)Cc1ccccc1CNC1CCCCCC1. The fraction of sp³-hybridized carbons (Fsp3) is 0.647. The average Bonchev–Trinajstić information content (AvgIpc) is 2.65. The number of hydrogen-bond donors (Lipinski definition) is 1. The van der Waals surface area contributed by atoms with Crippen LogP contribution in [-0.4, -0.2) is 25.0 Å². The highest BCUT2D eigenvalue weighted by Crippen LogP contribution is 2.18. The van der Waals surface area contributed by atoms with Crippen molar-refractivity contribution in [2.75, 3.05) is 14.1 Å². The minimum atomic E-state index is 0.731. The summed E-state index contributed by atoms with van der Waals surface area (Å²) in [5.74, 6) is 0. The van der Waals surface area contributed by atoms with Gasteiger partial charge in [0, 0.05) is 19.1 Å². The summed E-state index contributed by atoms with van der Waals surface area (Å²) in [4.78, 5) is 2.24. The molecule has 1 aromatic carbocycles. The van der Waals surface area contributed by atoms with Crippen molar-refractivity contribution in [1.82, 2.24) is 10.2 Å². The van der Waals surface area contributed by atoms with Gasteiger partial charge in [0.1, 0.15) is 0 Å². The van der Waals surface area contributed by atoms with Crippen molar-refractivity contribution in [3.63, 3.8) is 0 Å². The Kier molecular flexibility index (Phi) is 5.87. The molecule has 106 valence electrons. The van der Waals surface area contributed by atoms with Gasteiger partial charge in [-0.25, -0.2) is 0 Å². The molecular weight excluding hydrogens is 232 g/mol. The fourth-order valence-corrected chi connectivity index (χ4v) is 2.96. The van der Waals surface area contributed by atoms with E-state index in [1.54, 1.807) is 0 Å². The van der Waals surface area contributed by atoms with Gasteiger partial charge in [-0.15, -0.1) is 0 Å². The van der Waals surface area contributed by atoms with E-state index in [1.807, 2.05) is 0 Å². The zero-order valence-electron chi connectivity index (χ0n) is 12.5. The first-order chi connectivity index (χ1) is 9.25. The highest BCUT2D eigenvalue weighted by atomic mass is 15.0. The predicted molar refractivity (Wildman–Crippen MR) is 82.2 cm³/mol. The molecule has 2 heteroatoms. The lowest BCUT2D eigenvalue weighted by Gasteiger charge is -2.19. The summed E-state index contributed by atoms with van der Waals surface area (Å²) in [6.45, 7) is 2.05. The van der Waals surface area contributed by atoms with Gasteiger partial charge in [0.2, 0.25) is 0 Å². The van der Waals surface area contributed by atoms with Crippen LogP contribution in [-0.2, 0) is 13.1 Å². The van der Waals surface area contributed by atoms with Crippen LogP contribution in [0.1, 0.15) is 49.7 Å². The smallest absolute Gasteiger partial charge is 0.0230 e. The molecule has 0 amide bonds. The van der Waals surface area contributed by atoms with Crippen molar-refractivity contribution < 1.29 is 0 Å². The minimum absolute atomic E-state index is 0.731. The van der Waals surface area contributed by atoms with E-state index in [0.717, 1.165) is 19.1 Å². The molecule has 0 bridgehead atoms. The summed E-state index contributed by atoms with van der Waals surface area (Å²) in [6.07, 6.45) is 8.37. The van der Waals surface area contributed by atoms with Gasteiger partial charge >= 0.3 is 0 Å². The third-order valence-corrected chi connectivity index (χ3v) is 4.04. The highest BCUT2D eigenvalue weighted by Gasteiger charge is 2.12. The number of benzene rings is 1. The first-order valence-electron chi connectivity index (χ1n) is 7.70. The van der Waals surface area contributed by atoms with Crippen LogP contribution in [0.25, 0.3) is 0 Å². The van der Waals surface area contributed by atoms with Crippen LogP contribution in [0.15, 0.2) is 24.3 Å². The maximum absolute atomic E-state index is 3.77. The van der Waals surface area contributed by atoms with Crippen molar-refractivity contribution >= 4 is 0 Å². The molecule has 0 unspecified atom stereocenters. The van der Waals surface area contributed by atoms with E-state index in [1.165, 1.54) is 49.7 Å². The second-order valence-corrected chi connectivity index (χ2v) is 6.08. The lowest BCUT2D eigenvalue weighted by Crippen LogP contribution is -2.28. The first-order valence-corrected chi connectivity index (χ1v) is 7.70. The van der Waals surface area contributed by atoms with E-state index in [-0.39, 0.29) is 0 Å². The van der Waals surface area contributed by atoms with Crippen LogP contribution in [0.3, 0.4) is 0 Å². The second kappa shape index (κ2) is 7.66. The summed E-state index contributed by atoms with van der Waals surface area (Å²) in [7, 11) is 4.27. The van der Waals surface area contributed by atoms with Crippen molar-refractivity contribution in [2.24, 2.45) is 0 Å². The Labute approximate surface area is 118 Å². The Bertz CT molecular complexity index is 365. The van der Waals surface area contributed by atoms with Crippen LogP contribution in [0.4, 0.5) is 0 Å². The number of rotatable bonds is 5. The fourth-order valence-electron chi connectivity index (χ4n) is 2.96. The normalized spacial score (nSPS) is 17.6. The van der Waals surface area contributed by atoms with E-state index < -0.39 is 0 Å². The summed E-state index contributed by atoms with van der Waals surface area (Å²) in [5, 5.41) is 3.77. The predicted octanol–water partition coefficient (Wildman–Crippen LogP) is 3.56. The molecule has 1 N–H and O–H groups in total. The van der Waals surface area contributed by atoms with Crippen LogP contribution >= 0.6 is 0 Å². The Morgan fingerprint density at radius 3 is 2.26 bits per heavy atom. The molecule has 1 aliphatic carbocycles. The van der Waals surface area contributed by atoms with Gasteiger partial charge < -0.3 is 10.2 Å². The molecule has 2 rings (SSSR count). The summed E-state index contributed by atoms with van der Waals surface area (Å²) < 4.78 is 0. The monoisotopic (exact) mass is 260 g/mol. The van der Waals surface area contributed by atoms with Crippen molar-refractivity contribution in [2.45, 2.75) is 57.7 Å². The second-order valence-electron chi connectivity index (χ2n) is 6.08. The Morgan fingerprint density at radius 1 is 1.00 bits per heavy atom. The Morgan fingerprint density at radius 2 is 1.63 bits per heavy atom. The van der Waals surface area contributed by atoms with E-state index in [9.17, 15) is 0 Å². The maximum Gasteiger partial charge on any atom is 0.0230 e. The molecule has 0 spiro atoms. The number of nitrogens with one attached hydrogen (secondary N) is 1. The largest absolute Gasteiger partial charge is 0.310 e. The quantitative estimate of drug-likeness (QED) is 0.814. The molecule has 1 aliphatic rings. The molecule has 0 atom stereocenters. The lowest BCUT2D eigenvalue weighted by atomic mass is 10.1. The van der Waals surface area contributed by atoms with Gasteiger partial charge in [0.25, 0.3) is 0 Å².